The first-order chi connectivity index (χ1) is 12.6. The quantitative estimate of drug-likeness (QED) is 0.559. The van der Waals surface area contributed by atoms with E-state index in [9.17, 15) is 0 Å². The molecule has 0 radical (unpaired) electrons. The topological polar surface area (TPSA) is 65.7 Å². The molecule has 1 aliphatic carbocycles. The Kier molecular flexibility index (Phi) is 5.02. The molecule has 0 unspecified atom stereocenters. The van der Waals surface area contributed by atoms with Crippen molar-refractivity contribution in [3.8, 4) is 5.75 Å². The van der Waals surface area contributed by atoms with Crippen LogP contribution in [-0.2, 0) is 13.7 Å². The van der Waals surface area contributed by atoms with Crippen LogP contribution >= 0.6 is 35.0 Å². The summed E-state index contributed by atoms with van der Waals surface area (Å²) in [6, 6.07) is 9.07. The van der Waals surface area contributed by atoms with Gasteiger partial charge in [-0.1, -0.05) is 35.3 Å². The molecule has 1 aromatic carbocycles. The summed E-state index contributed by atoms with van der Waals surface area (Å²) in [6.45, 7) is 0.269. The van der Waals surface area contributed by atoms with Gasteiger partial charge in [0.1, 0.15) is 28.4 Å². The Hall–Kier alpha value is -1.83. The highest BCUT2D eigenvalue weighted by atomic mass is 35.5. The molecule has 6 nitrogen and oxygen atoms in total. The summed E-state index contributed by atoms with van der Waals surface area (Å²) in [4.78, 5) is 8.89. The van der Waals surface area contributed by atoms with Crippen LogP contribution in [0.4, 0.5) is 0 Å². The van der Waals surface area contributed by atoms with Gasteiger partial charge in [0.2, 0.25) is 0 Å². The molecule has 134 valence electrons. The third-order valence-corrected chi connectivity index (χ3v) is 5.41. The maximum Gasteiger partial charge on any atom is 0.197 e. The molecule has 3 aromatic rings. The van der Waals surface area contributed by atoms with Crippen LogP contribution in [0.1, 0.15) is 30.4 Å². The Morgan fingerprint density at radius 3 is 2.77 bits per heavy atom. The standard InChI is InChI=1S/C17H15Cl2N5OS/c1-24-14(9-25-12-5-3-2-4-11(12)18)22-23-17(24)26-15-8-13(19)20-16(21-15)10-6-7-10/h2-5,8,10H,6-7,9H2,1H3. The van der Waals surface area contributed by atoms with E-state index in [0.717, 1.165) is 23.7 Å². The van der Waals surface area contributed by atoms with Gasteiger partial charge in [-0.05, 0) is 36.7 Å². The SMILES string of the molecule is Cn1c(COc2ccccc2Cl)nnc1Sc1cc(Cl)nc(C2CC2)n1. The van der Waals surface area contributed by atoms with Gasteiger partial charge < -0.3 is 9.30 Å². The monoisotopic (exact) mass is 407 g/mol. The molecule has 1 aliphatic rings. The lowest BCUT2D eigenvalue weighted by Crippen LogP contribution is -2.04. The first-order valence-corrected chi connectivity index (χ1v) is 9.65. The molecule has 1 fully saturated rings. The van der Waals surface area contributed by atoms with Gasteiger partial charge in [0, 0.05) is 19.0 Å². The average Bonchev–Trinajstić information content (AvgIpc) is 3.41. The molecule has 4 rings (SSSR count). The van der Waals surface area contributed by atoms with Crippen LogP contribution in [0, 0.1) is 0 Å². The molecule has 1 saturated carbocycles. The van der Waals surface area contributed by atoms with E-state index in [-0.39, 0.29) is 6.61 Å². The Labute approximate surface area is 164 Å². The summed E-state index contributed by atoms with van der Waals surface area (Å²) in [6.07, 6.45) is 2.25. The van der Waals surface area contributed by atoms with Crippen molar-refractivity contribution >= 4 is 35.0 Å². The molecule has 0 N–H and O–H groups in total. The van der Waals surface area contributed by atoms with Crippen molar-refractivity contribution in [2.75, 3.05) is 0 Å². The van der Waals surface area contributed by atoms with Gasteiger partial charge in [0.05, 0.1) is 5.02 Å². The number of rotatable bonds is 6. The van der Waals surface area contributed by atoms with E-state index in [2.05, 4.69) is 20.2 Å². The number of halogens is 2. The highest BCUT2D eigenvalue weighted by Gasteiger charge is 2.27. The van der Waals surface area contributed by atoms with E-state index in [1.807, 2.05) is 29.8 Å². The molecule has 0 saturated heterocycles. The van der Waals surface area contributed by atoms with Gasteiger partial charge in [-0.3, -0.25) is 0 Å². The van der Waals surface area contributed by atoms with Crippen molar-refractivity contribution in [1.82, 2.24) is 24.7 Å². The zero-order valence-corrected chi connectivity index (χ0v) is 16.2. The number of hydrogen-bond donors (Lipinski definition) is 0. The van der Waals surface area contributed by atoms with Gasteiger partial charge in [-0.15, -0.1) is 10.2 Å². The van der Waals surface area contributed by atoms with E-state index in [4.69, 9.17) is 27.9 Å². The van der Waals surface area contributed by atoms with Crippen LogP contribution < -0.4 is 4.74 Å². The molecule has 2 heterocycles. The molecule has 2 aromatic heterocycles. The van der Waals surface area contributed by atoms with E-state index in [1.54, 1.807) is 12.1 Å². The first-order valence-electron chi connectivity index (χ1n) is 8.08. The van der Waals surface area contributed by atoms with Gasteiger partial charge in [-0.2, -0.15) is 0 Å². The maximum atomic E-state index is 6.13. The lowest BCUT2D eigenvalue weighted by Gasteiger charge is -2.08. The molecule has 0 spiro atoms. The fourth-order valence-corrected chi connectivity index (χ4v) is 3.61. The number of nitrogens with zero attached hydrogens (tertiary/aromatic N) is 5. The summed E-state index contributed by atoms with van der Waals surface area (Å²) in [5, 5.41) is 10.9. The Bertz CT molecular complexity index is 945. The predicted octanol–water partition coefficient (Wildman–Crippen LogP) is 4.52. The van der Waals surface area contributed by atoms with Crippen molar-refractivity contribution in [3.05, 3.63) is 52.2 Å². The van der Waals surface area contributed by atoms with Gasteiger partial charge in [-0.25, -0.2) is 9.97 Å². The van der Waals surface area contributed by atoms with Crippen molar-refractivity contribution < 1.29 is 4.74 Å². The summed E-state index contributed by atoms with van der Waals surface area (Å²) in [7, 11) is 1.89. The Morgan fingerprint density at radius 2 is 2.00 bits per heavy atom. The average molecular weight is 408 g/mol. The highest BCUT2D eigenvalue weighted by Crippen LogP contribution is 2.39. The zero-order chi connectivity index (χ0) is 18.1. The van der Waals surface area contributed by atoms with Gasteiger partial charge in [0.25, 0.3) is 0 Å². The van der Waals surface area contributed by atoms with Crippen molar-refractivity contribution in [2.45, 2.75) is 35.5 Å². The summed E-state index contributed by atoms with van der Waals surface area (Å²) >= 11 is 13.6. The Morgan fingerprint density at radius 1 is 1.19 bits per heavy atom. The number of aromatic nitrogens is 5. The molecular weight excluding hydrogens is 393 g/mol. The minimum atomic E-state index is 0.269. The number of para-hydroxylation sites is 1. The normalized spacial score (nSPS) is 13.8. The zero-order valence-electron chi connectivity index (χ0n) is 13.9. The van der Waals surface area contributed by atoms with Crippen LogP contribution in [0.25, 0.3) is 0 Å². The summed E-state index contributed by atoms with van der Waals surface area (Å²) < 4.78 is 7.60. The van der Waals surface area contributed by atoms with Crippen LogP contribution in [0.3, 0.4) is 0 Å². The Balaban J connectivity index is 1.48. The van der Waals surface area contributed by atoms with Gasteiger partial charge >= 0.3 is 0 Å². The minimum Gasteiger partial charge on any atom is -0.484 e. The van der Waals surface area contributed by atoms with Crippen LogP contribution in [0.2, 0.25) is 10.2 Å². The van der Waals surface area contributed by atoms with E-state index in [1.165, 1.54) is 11.8 Å². The largest absolute Gasteiger partial charge is 0.484 e. The van der Waals surface area contributed by atoms with Crippen molar-refractivity contribution in [1.29, 1.82) is 0 Å². The maximum absolute atomic E-state index is 6.13. The van der Waals surface area contributed by atoms with Gasteiger partial charge in [0.15, 0.2) is 11.0 Å². The lowest BCUT2D eigenvalue weighted by molar-refractivity contribution is 0.290. The second-order valence-corrected chi connectivity index (χ2v) is 7.72. The van der Waals surface area contributed by atoms with Crippen molar-refractivity contribution in [3.63, 3.8) is 0 Å². The third kappa shape index (κ3) is 3.95. The second kappa shape index (κ2) is 7.42. The molecular formula is C17H15Cl2N5OS. The molecule has 9 heteroatoms. The first kappa shape index (κ1) is 17.6. The third-order valence-electron chi connectivity index (χ3n) is 3.95. The predicted molar refractivity (Wildman–Crippen MR) is 99.9 cm³/mol. The number of benzene rings is 1. The summed E-state index contributed by atoms with van der Waals surface area (Å²) in [5.41, 5.74) is 0. The van der Waals surface area contributed by atoms with E-state index < -0.39 is 0 Å². The fraction of sp³-hybridized carbons (Fsp3) is 0.294. The van der Waals surface area contributed by atoms with E-state index >= 15 is 0 Å². The summed E-state index contributed by atoms with van der Waals surface area (Å²) in [5.74, 6) is 2.55. The molecule has 0 amide bonds. The molecule has 0 atom stereocenters. The second-order valence-electron chi connectivity index (χ2n) is 5.94. The smallest absolute Gasteiger partial charge is 0.197 e. The number of hydrogen-bond acceptors (Lipinski definition) is 6. The number of ether oxygens (including phenoxy) is 1. The minimum absolute atomic E-state index is 0.269. The lowest BCUT2D eigenvalue weighted by atomic mass is 10.3. The van der Waals surface area contributed by atoms with E-state index in [0.29, 0.717) is 32.8 Å². The fourth-order valence-electron chi connectivity index (χ4n) is 2.35. The van der Waals surface area contributed by atoms with Crippen molar-refractivity contribution in [2.24, 2.45) is 7.05 Å². The molecule has 26 heavy (non-hydrogen) atoms. The highest BCUT2D eigenvalue weighted by molar-refractivity contribution is 7.99. The molecule has 0 bridgehead atoms. The molecule has 0 aliphatic heterocycles. The van der Waals surface area contributed by atoms with Crippen LogP contribution in [-0.4, -0.2) is 24.7 Å². The van der Waals surface area contributed by atoms with Crippen LogP contribution in [0.15, 0.2) is 40.5 Å². The van der Waals surface area contributed by atoms with Crippen LogP contribution in [0.5, 0.6) is 5.75 Å².